The summed E-state index contributed by atoms with van der Waals surface area (Å²) in [4.78, 5) is 0. The van der Waals surface area contributed by atoms with Crippen LogP contribution in [0.1, 0.15) is 11.1 Å². The van der Waals surface area contributed by atoms with E-state index < -0.39 is 5.82 Å². The molecule has 0 heterocycles. The Labute approximate surface area is 64.5 Å². The zero-order valence-corrected chi connectivity index (χ0v) is 6.26. The van der Waals surface area contributed by atoms with Crippen molar-refractivity contribution in [1.29, 1.82) is 0 Å². The fourth-order valence-corrected chi connectivity index (χ4v) is 0.927. The molecule has 0 aliphatic rings. The first kappa shape index (κ1) is 8.01. The molecule has 0 aromatic heterocycles. The van der Waals surface area contributed by atoms with Crippen molar-refractivity contribution in [3.63, 3.8) is 0 Å². The summed E-state index contributed by atoms with van der Waals surface area (Å²) in [6.07, 6.45) is 0. The Balaban J connectivity index is 3.21. The molecule has 0 amide bonds. The summed E-state index contributed by atoms with van der Waals surface area (Å²) in [6, 6.07) is 2.63. The van der Waals surface area contributed by atoms with Crippen molar-refractivity contribution >= 4 is 0 Å². The Morgan fingerprint density at radius 3 is 2.73 bits per heavy atom. The molecule has 2 nitrogen and oxygen atoms in total. The van der Waals surface area contributed by atoms with Crippen LogP contribution in [0.2, 0.25) is 0 Å². The number of phenols is 1. The third-order valence-corrected chi connectivity index (χ3v) is 1.63. The van der Waals surface area contributed by atoms with E-state index in [4.69, 9.17) is 10.8 Å². The fraction of sp³-hybridized carbons (Fsp3) is 0.250. The second-order valence-corrected chi connectivity index (χ2v) is 2.43. The van der Waals surface area contributed by atoms with Gasteiger partial charge in [0.2, 0.25) is 0 Å². The second kappa shape index (κ2) is 2.88. The Morgan fingerprint density at radius 2 is 2.18 bits per heavy atom. The molecule has 3 N–H and O–H groups in total. The summed E-state index contributed by atoms with van der Waals surface area (Å²) in [6.45, 7) is 2.07. The van der Waals surface area contributed by atoms with Gasteiger partial charge in [-0.05, 0) is 30.2 Å². The number of hydrogen-bond donors (Lipinski definition) is 2. The number of halogens is 1. The van der Waals surface area contributed by atoms with Crippen LogP contribution in [0.3, 0.4) is 0 Å². The molecule has 0 spiro atoms. The lowest BCUT2D eigenvalue weighted by atomic mass is 10.1. The number of aromatic hydroxyl groups is 1. The van der Waals surface area contributed by atoms with Gasteiger partial charge < -0.3 is 10.8 Å². The first-order valence-corrected chi connectivity index (χ1v) is 3.33. The van der Waals surface area contributed by atoms with E-state index in [-0.39, 0.29) is 5.75 Å². The predicted molar refractivity (Wildman–Crippen MR) is 40.7 cm³/mol. The highest BCUT2D eigenvalue weighted by atomic mass is 19.1. The van der Waals surface area contributed by atoms with Gasteiger partial charge in [-0.25, -0.2) is 4.39 Å². The topological polar surface area (TPSA) is 46.2 Å². The van der Waals surface area contributed by atoms with Gasteiger partial charge in [-0.15, -0.1) is 0 Å². The molecule has 1 rings (SSSR count). The van der Waals surface area contributed by atoms with Crippen molar-refractivity contribution in [2.24, 2.45) is 5.73 Å². The molecule has 0 bridgehead atoms. The van der Waals surface area contributed by atoms with Gasteiger partial charge in [0.25, 0.3) is 0 Å². The molecule has 0 saturated heterocycles. The van der Waals surface area contributed by atoms with Crippen LogP contribution in [0, 0.1) is 12.7 Å². The summed E-state index contributed by atoms with van der Waals surface area (Å²) in [7, 11) is 0. The van der Waals surface area contributed by atoms with Crippen molar-refractivity contribution < 1.29 is 9.50 Å². The molecule has 60 valence electrons. The van der Waals surface area contributed by atoms with Gasteiger partial charge in [-0.1, -0.05) is 0 Å². The number of hydrogen-bond acceptors (Lipinski definition) is 2. The van der Waals surface area contributed by atoms with Crippen LogP contribution in [0.4, 0.5) is 4.39 Å². The third kappa shape index (κ3) is 1.49. The molecule has 1 aromatic carbocycles. The highest BCUT2D eigenvalue weighted by molar-refractivity contribution is 5.35. The molecule has 11 heavy (non-hydrogen) atoms. The standard InChI is InChI=1S/C8H10FNO/c1-5-2-8(11)7(9)3-6(5)4-10/h2-3,11H,4,10H2,1H3. The van der Waals surface area contributed by atoms with Crippen LogP contribution < -0.4 is 5.73 Å². The van der Waals surface area contributed by atoms with E-state index in [1.807, 2.05) is 0 Å². The highest BCUT2D eigenvalue weighted by Gasteiger charge is 2.03. The van der Waals surface area contributed by atoms with Gasteiger partial charge in [-0.2, -0.15) is 0 Å². The van der Waals surface area contributed by atoms with Gasteiger partial charge in [0.15, 0.2) is 11.6 Å². The molecule has 0 unspecified atom stereocenters. The molecular weight excluding hydrogens is 145 g/mol. The van der Waals surface area contributed by atoms with E-state index in [1.165, 1.54) is 12.1 Å². The quantitative estimate of drug-likeness (QED) is 0.642. The van der Waals surface area contributed by atoms with Crippen LogP contribution >= 0.6 is 0 Å². The van der Waals surface area contributed by atoms with Gasteiger partial charge in [-0.3, -0.25) is 0 Å². The van der Waals surface area contributed by atoms with E-state index in [2.05, 4.69) is 0 Å². The molecule has 3 heteroatoms. The van der Waals surface area contributed by atoms with Crippen LogP contribution in [-0.2, 0) is 6.54 Å². The van der Waals surface area contributed by atoms with Crippen LogP contribution in [0.5, 0.6) is 5.75 Å². The highest BCUT2D eigenvalue weighted by Crippen LogP contribution is 2.19. The number of aryl methyl sites for hydroxylation is 1. The Morgan fingerprint density at radius 1 is 1.55 bits per heavy atom. The fourth-order valence-electron chi connectivity index (χ4n) is 0.927. The number of nitrogens with two attached hydrogens (primary N) is 1. The van der Waals surface area contributed by atoms with Crippen molar-refractivity contribution in [3.05, 3.63) is 29.1 Å². The molecule has 0 atom stereocenters. The maximum absolute atomic E-state index is 12.6. The van der Waals surface area contributed by atoms with E-state index in [9.17, 15) is 4.39 Å². The van der Waals surface area contributed by atoms with Gasteiger partial charge >= 0.3 is 0 Å². The Bertz CT molecular complexity index is 273. The van der Waals surface area contributed by atoms with Crippen LogP contribution in [-0.4, -0.2) is 5.11 Å². The van der Waals surface area contributed by atoms with Gasteiger partial charge in [0.1, 0.15) is 0 Å². The smallest absolute Gasteiger partial charge is 0.165 e. The minimum atomic E-state index is -0.615. The number of rotatable bonds is 1. The molecule has 0 saturated carbocycles. The van der Waals surface area contributed by atoms with Crippen molar-refractivity contribution in [2.75, 3.05) is 0 Å². The third-order valence-electron chi connectivity index (χ3n) is 1.63. The molecule has 1 aromatic rings. The van der Waals surface area contributed by atoms with Crippen molar-refractivity contribution in [2.45, 2.75) is 13.5 Å². The first-order valence-electron chi connectivity index (χ1n) is 3.33. The lowest BCUT2D eigenvalue weighted by Crippen LogP contribution is -1.99. The zero-order chi connectivity index (χ0) is 8.43. The van der Waals surface area contributed by atoms with Crippen LogP contribution in [0.25, 0.3) is 0 Å². The summed E-state index contributed by atoms with van der Waals surface area (Å²) in [5.74, 6) is -0.934. The molecule has 0 fully saturated rings. The van der Waals surface area contributed by atoms with E-state index in [1.54, 1.807) is 6.92 Å². The Hall–Kier alpha value is -1.09. The predicted octanol–water partition coefficient (Wildman–Crippen LogP) is 1.30. The van der Waals surface area contributed by atoms with Crippen LogP contribution in [0.15, 0.2) is 12.1 Å². The SMILES string of the molecule is Cc1cc(O)c(F)cc1CN. The summed E-state index contributed by atoms with van der Waals surface area (Å²) < 4.78 is 12.6. The van der Waals surface area contributed by atoms with E-state index in [0.717, 1.165) is 11.1 Å². The van der Waals surface area contributed by atoms with E-state index >= 15 is 0 Å². The lowest BCUT2D eigenvalue weighted by Gasteiger charge is -2.03. The minimum Gasteiger partial charge on any atom is -0.505 e. The minimum absolute atomic E-state index is 0.295. The maximum Gasteiger partial charge on any atom is 0.165 e. The van der Waals surface area contributed by atoms with Gasteiger partial charge in [0, 0.05) is 6.54 Å². The number of phenolic OH excluding ortho intramolecular Hbond substituents is 1. The molecule has 0 aliphatic heterocycles. The zero-order valence-electron chi connectivity index (χ0n) is 6.26. The lowest BCUT2D eigenvalue weighted by molar-refractivity contribution is 0.431. The average molecular weight is 155 g/mol. The first-order chi connectivity index (χ1) is 5.15. The molecule has 0 aliphatic carbocycles. The summed E-state index contributed by atoms with van der Waals surface area (Å²) >= 11 is 0. The largest absolute Gasteiger partial charge is 0.505 e. The summed E-state index contributed by atoms with van der Waals surface area (Å²) in [5.41, 5.74) is 6.86. The Kier molecular flexibility index (Phi) is 2.10. The van der Waals surface area contributed by atoms with Gasteiger partial charge in [0.05, 0.1) is 0 Å². The molecular formula is C8H10FNO. The number of benzene rings is 1. The van der Waals surface area contributed by atoms with E-state index in [0.29, 0.717) is 6.54 Å². The summed E-state index contributed by atoms with van der Waals surface area (Å²) in [5, 5.41) is 8.90. The van der Waals surface area contributed by atoms with Crippen molar-refractivity contribution in [3.8, 4) is 5.75 Å². The monoisotopic (exact) mass is 155 g/mol. The second-order valence-electron chi connectivity index (χ2n) is 2.43. The maximum atomic E-state index is 12.6. The van der Waals surface area contributed by atoms with Crippen molar-refractivity contribution in [1.82, 2.24) is 0 Å². The average Bonchev–Trinajstić information content (AvgIpc) is 1.97. The normalized spacial score (nSPS) is 10.1. The molecule has 0 radical (unpaired) electrons.